The van der Waals surface area contributed by atoms with E-state index in [4.69, 9.17) is 0 Å². The van der Waals surface area contributed by atoms with Crippen LogP contribution >= 0.6 is 0 Å². The molecule has 0 bridgehead atoms. The van der Waals surface area contributed by atoms with Crippen LogP contribution in [0, 0.1) is 11.7 Å². The molecule has 1 N–H and O–H groups in total. The number of hydrogen-bond donors (Lipinski definition) is 1. The molecule has 0 radical (unpaired) electrons. The lowest BCUT2D eigenvalue weighted by Gasteiger charge is -2.29. The summed E-state index contributed by atoms with van der Waals surface area (Å²) in [6.45, 7) is 1.83. The van der Waals surface area contributed by atoms with Crippen molar-refractivity contribution in [3.8, 4) is 11.1 Å². The fraction of sp³-hybridized carbons (Fsp3) is 0.296. The Morgan fingerprint density at radius 3 is 2.22 bits per heavy atom. The molecule has 1 aliphatic carbocycles. The topological polar surface area (TPSA) is 66.5 Å². The van der Waals surface area contributed by atoms with Gasteiger partial charge >= 0.3 is 6.18 Å². The van der Waals surface area contributed by atoms with Crippen LogP contribution in [0.2, 0.25) is 0 Å². The van der Waals surface area contributed by atoms with E-state index in [9.17, 15) is 30.8 Å². The fourth-order valence-electron chi connectivity index (χ4n) is 4.26. The molecule has 1 atom stereocenters. The highest BCUT2D eigenvalue weighted by Crippen LogP contribution is 2.37. The van der Waals surface area contributed by atoms with Gasteiger partial charge in [0, 0.05) is 13.1 Å². The average molecular weight is 535 g/mol. The number of sulfonamides is 1. The molecule has 4 rings (SSSR count). The van der Waals surface area contributed by atoms with Crippen LogP contribution in [-0.2, 0) is 27.5 Å². The lowest BCUT2D eigenvalue weighted by molar-refractivity contribution is -0.137. The second-order valence-electron chi connectivity index (χ2n) is 8.94. The molecule has 3 aromatic carbocycles. The van der Waals surface area contributed by atoms with Crippen LogP contribution in [0.5, 0.6) is 0 Å². The van der Waals surface area contributed by atoms with Crippen LogP contribution in [0.15, 0.2) is 77.7 Å². The molecule has 5 nitrogen and oxygen atoms in total. The summed E-state index contributed by atoms with van der Waals surface area (Å²) in [6.07, 6.45) is -2.98. The minimum absolute atomic E-state index is 0.0672. The van der Waals surface area contributed by atoms with E-state index < -0.39 is 39.5 Å². The highest BCUT2D eigenvalue weighted by atomic mass is 32.2. The Morgan fingerprint density at radius 2 is 1.65 bits per heavy atom. The first-order valence-electron chi connectivity index (χ1n) is 11.8. The maximum atomic E-state index is 13.3. The van der Waals surface area contributed by atoms with Crippen LogP contribution in [0.1, 0.15) is 30.9 Å². The predicted octanol–water partition coefficient (Wildman–Crippen LogP) is 5.62. The Balaban J connectivity index is 1.49. The minimum Gasteiger partial charge on any atom is -0.351 e. The Bertz CT molecular complexity index is 1350. The number of likely N-dealkylation sites (N-methyl/N-ethyl adjacent to an activating group) is 1. The number of halogens is 4. The molecule has 1 amide bonds. The van der Waals surface area contributed by atoms with Gasteiger partial charge in [0.05, 0.1) is 10.5 Å². The smallest absolute Gasteiger partial charge is 0.351 e. The monoisotopic (exact) mass is 534 g/mol. The van der Waals surface area contributed by atoms with Crippen molar-refractivity contribution in [2.24, 2.45) is 5.92 Å². The normalized spacial score (nSPS) is 15.0. The molecule has 0 aliphatic heterocycles. The first kappa shape index (κ1) is 26.8. The van der Waals surface area contributed by atoms with Gasteiger partial charge in [-0.3, -0.25) is 4.79 Å². The van der Waals surface area contributed by atoms with Crippen molar-refractivity contribution in [2.45, 2.75) is 43.4 Å². The van der Waals surface area contributed by atoms with Crippen LogP contribution in [0.3, 0.4) is 0 Å². The molecular formula is C27H26F4N2O3S. The van der Waals surface area contributed by atoms with Crippen molar-refractivity contribution in [3.63, 3.8) is 0 Å². The summed E-state index contributed by atoms with van der Waals surface area (Å²) >= 11 is 0. The lowest BCUT2D eigenvalue weighted by atomic mass is 10.0. The maximum absolute atomic E-state index is 13.3. The van der Waals surface area contributed by atoms with Crippen LogP contribution in [0.25, 0.3) is 11.1 Å². The van der Waals surface area contributed by atoms with Gasteiger partial charge in [-0.05, 0) is 77.9 Å². The van der Waals surface area contributed by atoms with E-state index >= 15 is 0 Å². The van der Waals surface area contributed by atoms with Gasteiger partial charge in [-0.1, -0.05) is 37.3 Å². The molecule has 1 unspecified atom stereocenters. The van der Waals surface area contributed by atoms with E-state index in [1.807, 2.05) is 0 Å². The van der Waals surface area contributed by atoms with Gasteiger partial charge in [-0.2, -0.15) is 17.5 Å². The molecule has 0 spiro atoms. The second-order valence-corrected chi connectivity index (χ2v) is 10.8. The van der Waals surface area contributed by atoms with Crippen molar-refractivity contribution in [2.75, 3.05) is 6.54 Å². The second kappa shape index (κ2) is 10.6. The number of amides is 1. The Hall–Kier alpha value is -3.24. The highest BCUT2D eigenvalue weighted by molar-refractivity contribution is 7.89. The summed E-state index contributed by atoms with van der Waals surface area (Å²) in [6, 6.07) is 15.4. The number of nitrogens with zero attached hydrogens (tertiary/aromatic N) is 1. The summed E-state index contributed by atoms with van der Waals surface area (Å²) in [5.74, 6) is -1.11. The van der Waals surface area contributed by atoms with Crippen LogP contribution < -0.4 is 5.32 Å². The van der Waals surface area contributed by atoms with Gasteiger partial charge in [0.2, 0.25) is 15.9 Å². The first-order valence-corrected chi connectivity index (χ1v) is 13.3. The van der Waals surface area contributed by atoms with Crippen LogP contribution in [-0.4, -0.2) is 31.2 Å². The van der Waals surface area contributed by atoms with Gasteiger partial charge in [0.25, 0.3) is 0 Å². The van der Waals surface area contributed by atoms with Crippen molar-refractivity contribution in [3.05, 3.63) is 89.7 Å². The largest absolute Gasteiger partial charge is 0.416 e. The number of carbonyl (C=O) groups excluding carboxylic acids is 1. The number of nitrogens with one attached hydrogen (secondary N) is 1. The van der Waals surface area contributed by atoms with E-state index in [2.05, 4.69) is 5.32 Å². The summed E-state index contributed by atoms with van der Waals surface area (Å²) in [5.41, 5.74) is 1.26. The number of alkyl halides is 3. The number of benzene rings is 3. The van der Waals surface area contributed by atoms with Crippen molar-refractivity contribution >= 4 is 15.9 Å². The number of rotatable bonds is 9. The van der Waals surface area contributed by atoms with Gasteiger partial charge in [-0.25, -0.2) is 12.8 Å². The van der Waals surface area contributed by atoms with Gasteiger partial charge in [0.15, 0.2) is 0 Å². The third-order valence-corrected chi connectivity index (χ3v) is 8.29. The molecule has 0 aromatic heterocycles. The molecule has 0 saturated heterocycles. The summed E-state index contributed by atoms with van der Waals surface area (Å²) in [7, 11) is -4.03. The molecular weight excluding hydrogens is 508 g/mol. The van der Waals surface area contributed by atoms with Crippen molar-refractivity contribution in [1.29, 1.82) is 0 Å². The molecule has 1 saturated carbocycles. The van der Waals surface area contributed by atoms with E-state index in [0.29, 0.717) is 16.7 Å². The minimum atomic E-state index is -4.42. The molecule has 1 aliphatic rings. The van der Waals surface area contributed by atoms with E-state index in [0.717, 1.165) is 41.4 Å². The number of carbonyl (C=O) groups is 1. The standard InChI is InChI=1S/C27H26F4N2O3S/c1-2-33(37(35,36)24-14-12-23(28)13-15-24)25(20-6-7-20)26(34)32-17-18-4-3-5-21(16-18)19-8-10-22(11-9-19)27(29,30)31/h3-5,8-16,20,25H,2,6-7,17H2,1H3,(H,32,34). The fourth-order valence-corrected chi connectivity index (χ4v) is 5.91. The highest BCUT2D eigenvalue weighted by Gasteiger charge is 2.44. The van der Waals surface area contributed by atoms with Crippen molar-refractivity contribution < 1.29 is 30.8 Å². The average Bonchev–Trinajstić information content (AvgIpc) is 3.71. The zero-order valence-corrected chi connectivity index (χ0v) is 20.8. The zero-order valence-electron chi connectivity index (χ0n) is 20.0. The Labute approximate surface area is 213 Å². The van der Waals surface area contributed by atoms with Gasteiger partial charge in [0.1, 0.15) is 11.9 Å². The number of hydrogen-bond acceptors (Lipinski definition) is 3. The van der Waals surface area contributed by atoms with E-state index in [1.54, 1.807) is 31.2 Å². The Morgan fingerprint density at radius 1 is 1.00 bits per heavy atom. The molecule has 1 fully saturated rings. The zero-order chi connectivity index (χ0) is 26.8. The van der Waals surface area contributed by atoms with E-state index in [-0.39, 0.29) is 23.9 Å². The quantitative estimate of drug-likeness (QED) is 0.363. The summed E-state index contributed by atoms with van der Waals surface area (Å²) in [4.78, 5) is 13.1. The maximum Gasteiger partial charge on any atom is 0.416 e. The van der Waals surface area contributed by atoms with Crippen molar-refractivity contribution in [1.82, 2.24) is 9.62 Å². The SMILES string of the molecule is CCN(C(C(=O)NCc1cccc(-c2ccc(C(F)(F)F)cc2)c1)C1CC1)S(=O)(=O)c1ccc(F)cc1. The third-order valence-electron chi connectivity index (χ3n) is 6.32. The summed E-state index contributed by atoms with van der Waals surface area (Å²) in [5, 5.41) is 2.82. The lowest BCUT2D eigenvalue weighted by Crippen LogP contribution is -2.50. The molecule has 37 heavy (non-hydrogen) atoms. The third kappa shape index (κ3) is 6.19. The first-order chi connectivity index (χ1) is 17.5. The Kier molecular flexibility index (Phi) is 7.70. The predicted molar refractivity (Wildman–Crippen MR) is 131 cm³/mol. The molecule has 10 heteroatoms. The molecule has 0 heterocycles. The van der Waals surface area contributed by atoms with Crippen LogP contribution in [0.4, 0.5) is 17.6 Å². The van der Waals surface area contributed by atoms with Gasteiger partial charge < -0.3 is 5.32 Å². The molecule has 3 aromatic rings. The summed E-state index contributed by atoms with van der Waals surface area (Å²) < 4.78 is 79.6. The molecule has 196 valence electrons. The van der Waals surface area contributed by atoms with E-state index in [1.165, 1.54) is 24.3 Å². The van der Waals surface area contributed by atoms with Gasteiger partial charge in [-0.15, -0.1) is 0 Å².